The fourth-order valence-electron chi connectivity index (χ4n) is 2.05. The molecule has 1 aromatic heterocycles. The van der Waals surface area contributed by atoms with Gasteiger partial charge in [-0.25, -0.2) is 0 Å². The Balaban J connectivity index is 2.13. The van der Waals surface area contributed by atoms with Crippen LogP contribution in [0.5, 0.6) is 5.75 Å². The third-order valence-electron chi connectivity index (χ3n) is 3.89. The lowest BCUT2D eigenvalue weighted by molar-refractivity contribution is 0.157. The van der Waals surface area contributed by atoms with Gasteiger partial charge in [-0.05, 0) is 25.0 Å². The van der Waals surface area contributed by atoms with E-state index in [9.17, 15) is 0 Å². The van der Waals surface area contributed by atoms with Gasteiger partial charge in [0.05, 0.1) is 18.3 Å². The highest BCUT2D eigenvalue weighted by atomic mass is 79.9. The largest absolute Gasteiger partial charge is 0.491 e. The van der Waals surface area contributed by atoms with Gasteiger partial charge >= 0.3 is 0 Å². The van der Waals surface area contributed by atoms with Crippen LogP contribution in [0.1, 0.15) is 26.7 Å². The van der Waals surface area contributed by atoms with Crippen molar-refractivity contribution in [1.82, 2.24) is 4.98 Å². The molecule has 2 aromatic rings. The molecule has 19 heavy (non-hydrogen) atoms. The van der Waals surface area contributed by atoms with Crippen LogP contribution >= 0.6 is 15.9 Å². The van der Waals surface area contributed by atoms with Crippen LogP contribution in [-0.4, -0.2) is 16.9 Å². The minimum atomic E-state index is 0.214. The molecular weight excluding hydrogens is 302 g/mol. The number of nitrogens with zero attached hydrogens (tertiary/aromatic N) is 1. The number of para-hydroxylation sites is 1. The van der Waals surface area contributed by atoms with E-state index in [1.54, 1.807) is 0 Å². The average molecular weight is 322 g/mol. The van der Waals surface area contributed by atoms with Crippen molar-refractivity contribution in [3.63, 3.8) is 0 Å². The molecule has 0 atom stereocenters. The van der Waals surface area contributed by atoms with E-state index in [-0.39, 0.29) is 5.41 Å². The van der Waals surface area contributed by atoms with Crippen LogP contribution in [0.3, 0.4) is 0 Å². The highest BCUT2D eigenvalue weighted by Crippen LogP contribution is 2.30. The van der Waals surface area contributed by atoms with E-state index in [1.807, 2.05) is 24.4 Å². The summed E-state index contributed by atoms with van der Waals surface area (Å²) in [5, 5.41) is 2.09. The number of fused-ring (bicyclic) bond motifs is 1. The molecule has 0 aliphatic rings. The fourth-order valence-corrected chi connectivity index (χ4v) is 3.00. The van der Waals surface area contributed by atoms with Crippen molar-refractivity contribution in [1.29, 1.82) is 0 Å². The Labute approximate surface area is 123 Å². The standard InChI is InChI=1S/C16H20BrNO/c1-3-16(4-2,11-17)12-19-14-9-13-7-5-6-8-15(13)18-10-14/h5-10H,3-4,11-12H2,1-2H3. The number of hydrogen-bond acceptors (Lipinski definition) is 2. The van der Waals surface area contributed by atoms with Crippen molar-refractivity contribution >= 4 is 26.8 Å². The predicted octanol–water partition coefficient (Wildman–Crippen LogP) is 4.81. The van der Waals surface area contributed by atoms with Gasteiger partial charge in [0.25, 0.3) is 0 Å². The molecule has 1 aromatic carbocycles. The fraction of sp³-hybridized carbons (Fsp3) is 0.438. The van der Waals surface area contributed by atoms with Crippen molar-refractivity contribution in [2.75, 3.05) is 11.9 Å². The minimum absolute atomic E-state index is 0.214. The molecule has 3 heteroatoms. The molecule has 0 fully saturated rings. The minimum Gasteiger partial charge on any atom is -0.491 e. The Kier molecular flexibility index (Phi) is 4.81. The molecule has 1 heterocycles. The maximum Gasteiger partial charge on any atom is 0.138 e. The number of ether oxygens (including phenoxy) is 1. The number of rotatable bonds is 6. The Morgan fingerprint density at radius 3 is 2.63 bits per heavy atom. The van der Waals surface area contributed by atoms with Crippen LogP contribution < -0.4 is 4.74 Å². The number of hydrogen-bond donors (Lipinski definition) is 0. The summed E-state index contributed by atoms with van der Waals surface area (Å²) < 4.78 is 5.96. The van der Waals surface area contributed by atoms with Crippen LogP contribution in [0, 0.1) is 5.41 Å². The molecule has 0 aliphatic heterocycles. The van der Waals surface area contributed by atoms with Crippen molar-refractivity contribution in [2.24, 2.45) is 5.41 Å². The van der Waals surface area contributed by atoms with Crippen molar-refractivity contribution in [3.8, 4) is 5.75 Å². The first-order valence-corrected chi connectivity index (χ1v) is 7.89. The normalized spacial score (nSPS) is 11.7. The first kappa shape index (κ1) is 14.3. The summed E-state index contributed by atoms with van der Waals surface area (Å²) in [6.45, 7) is 5.16. The lowest BCUT2D eigenvalue weighted by Gasteiger charge is -2.29. The maximum atomic E-state index is 5.96. The third-order valence-corrected chi connectivity index (χ3v) is 5.08. The second-order valence-corrected chi connectivity index (χ2v) is 5.55. The van der Waals surface area contributed by atoms with Crippen LogP contribution in [-0.2, 0) is 0 Å². The summed E-state index contributed by atoms with van der Waals surface area (Å²) in [6.07, 6.45) is 4.03. The van der Waals surface area contributed by atoms with Crippen molar-refractivity contribution < 1.29 is 4.74 Å². The molecule has 0 aliphatic carbocycles. The zero-order valence-corrected chi connectivity index (χ0v) is 13.1. The molecule has 2 nitrogen and oxygen atoms in total. The Morgan fingerprint density at radius 1 is 1.21 bits per heavy atom. The SMILES string of the molecule is CCC(CC)(CBr)COc1cnc2ccccc2c1. The molecule has 0 N–H and O–H groups in total. The molecular formula is C16H20BrNO. The quantitative estimate of drug-likeness (QED) is 0.712. The monoisotopic (exact) mass is 321 g/mol. The van der Waals surface area contributed by atoms with E-state index < -0.39 is 0 Å². The van der Waals surface area contributed by atoms with Crippen LogP contribution in [0.15, 0.2) is 36.5 Å². The average Bonchev–Trinajstić information content (AvgIpc) is 2.49. The van der Waals surface area contributed by atoms with Crippen LogP contribution in [0.2, 0.25) is 0 Å². The van der Waals surface area contributed by atoms with E-state index >= 15 is 0 Å². The smallest absolute Gasteiger partial charge is 0.138 e. The number of halogens is 1. The van der Waals surface area contributed by atoms with Gasteiger partial charge in [0.15, 0.2) is 0 Å². The lowest BCUT2D eigenvalue weighted by atomic mass is 9.86. The second kappa shape index (κ2) is 6.38. The molecule has 0 saturated heterocycles. The number of pyridine rings is 1. The molecule has 0 amide bonds. The highest BCUT2D eigenvalue weighted by Gasteiger charge is 2.25. The van der Waals surface area contributed by atoms with E-state index in [4.69, 9.17) is 4.74 Å². The molecule has 0 saturated carbocycles. The Bertz CT molecular complexity index is 529. The van der Waals surface area contributed by atoms with E-state index in [2.05, 4.69) is 46.9 Å². The van der Waals surface area contributed by atoms with Crippen molar-refractivity contribution in [3.05, 3.63) is 36.5 Å². The zero-order chi connectivity index (χ0) is 13.7. The van der Waals surface area contributed by atoms with Gasteiger partial charge in [0.2, 0.25) is 0 Å². The van der Waals surface area contributed by atoms with E-state index in [1.165, 1.54) is 0 Å². The molecule has 0 bridgehead atoms. The third kappa shape index (κ3) is 3.27. The summed E-state index contributed by atoms with van der Waals surface area (Å²) in [7, 11) is 0. The van der Waals surface area contributed by atoms with Crippen LogP contribution in [0.4, 0.5) is 0 Å². The molecule has 0 spiro atoms. The number of benzene rings is 1. The topological polar surface area (TPSA) is 22.1 Å². The van der Waals surface area contributed by atoms with Gasteiger partial charge in [-0.2, -0.15) is 0 Å². The van der Waals surface area contributed by atoms with Gasteiger partial charge in [0.1, 0.15) is 5.75 Å². The van der Waals surface area contributed by atoms with Crippen molar-refractivity contribution in [2.45, 2.75) is 26.7 Å². The first-order valence-electron chi connectivity index (χ1n) is 6.76. The molecule has 2 rings (SSSR count). The summed E-state index contributed by atoms with van der Waals surface area (Å²) in [6, 6.07) is 10.2. The summed E-state index contributed by atoms with van der Waals surface area (Å²) >= 11 is 3.61. The van der Waals surface area contributed by atoms with Gasteiger partial charge in [-0.1, -0.05) is 48.0 Å². The number of aromatic nitrogens is 1. The first-order chi connectivity index (χ1) is 9.23. The lowest BCUT2D eigenvalue weighted by Crippen LogP contribution is -2.29. The maximum absolute atomic E-state index is 5.96. The molecule has 102 valence electrons. The van der Waals surface area contributed by atoms with Gasteiger partial charge < -0.3 is 4.74 Å². The predicted molar refractivity (Wildman–Crippen MR) is 84.0 cm³/mol. The number of alkyl halides is 1. The highest BCUT2D eigenvalue weighted by molar-refractivity contribution is 9.09. The second-order valence-electron chi connectivity index (χ2n) is 4.99. The summed E-state index contributed by atoms with van der Waals surface area (Å²) in [5.74, 6) is 0.853. The van der Waals surface area contributed by atoms with E-state index in [0.29, 0.717) is 0 Å². The summed E-state index contributed by atoms with van der Waals surface area (Å²) in [5.41, 5.74) is 1.22. The van der Waals surface area contributed by atoms with Gasteiger partial charge in [-0.15, -0.1) is 0 Å². The Morgan fingerprint density at radius 2 is 1.95 bits per heavy atom. The van der Waals surface area contributed by atoms with Gasteiger partial charge in [0, 0.05) is 16.1 Å². The molecule has 0 radical (unpaired) electrons. The summed E-state index contributed by atoms with van der Waals surface area (Å²) in [4.78, 5) is 4.42. The Hall–Kier alpha value is -1.09. The zero-order valence-electron chi connectivity index (χ0n) is 11.5. The van der Waals surface area contributed by atoms with Crippen LogP contribution in [0.25, 0.3) is 10.9 Å². The van der Waals surface area contributed by atoms with Gasteiger partial charge in [-0.3, -0.25) is 4.98 Å². The molecule has 0 unspecified atom stereocenters. The van der Waals surface area contributed by atoms with E-state index in [0.717, 1.165) is 41.4 Å².